The minimum atomic E-state index is -4.73. The van der Waals surface area contributed by atoms with Crippen LogP contribution >= 0.6 is 23.2 Å². The number of guanidine groups is 1. The van der Waals surface area contributed by atoms with Crippen molar-refractivity contribution in [2.75, 3.05) is 31.8 Å². The zero-order valence-electron chi connectivity index (χ0n) is 18.9. The molecule has 0 bridgehead atoms. The van der Waals surface area contributed by atoms with Crippen molar-refractivity contribution in [2.24, 2.45) is 10.7 Å². The number of halogens is 5. The Labute approximate surface area is 209 Å². The molecule has 0 atom stereocenters. The fourth-order valence-electron chi connectivity index (χ4n) is 3.02. The zero-order valence-corrected chi connectivity index (χ0v) is 20.4. The van der Waals surface area contributed by atoms with Gasteiger partial charge in [0.1, 0.15) is 11.6 Å². The van der Waals surface area contributed by atoms with Crippen molar-refractivity contribution >= 4 is 52.3 Å². The summed E-state index contributed by atoms with van der Waals surface area (Å²) in [6.45, 7) is 0.558. The molecule has 1 aromatic heterocycles. The Bertz CT molecular complexity index is 1240. The molecule has 0 saturated heterocycles. The lowest BCUT2D eigenvalue weighted by Gasteiger charge is -2.16. The number of hydrogen-bond acceptors (Lipinski definition) is 6. The van der Waals surface area contributed by atoms with Crippen molar-refractivity contribution in [3.8, 4) is 5.75 Å². The highest BCUT2D eigenvalue weighted by atomic mass is 35.5. The lowest BCUT2D eigenvalue weighted by Crippen LogP contribution is -2.22. The lowest BCUT2D eigenvalue weighted by molar-refractivity contribution is -0.141. The summed E-state index contributed by atoms with van der Waals surface area (Å²) in [7, 11) is 5.32. The van der Waals surface area contributed by atoms with Crippen molar-refractivity contribution < 1.29 is 17.9 Å². The number of nitrogens with one attached hydrogen (secondary N) is 2. The summed E-state index contributed by atoms with van der Waals surface area (Å²) in [5, 5.41) is 6.17. The van der Waals surface area contributed by atoms with Crippen molar-refractivity contribution in [1.29, 1.82) is 0 Å². The first-order valence-corrected chi connectivity index (χ1v) is 10.8. The van der Waals surface area contributed by atoms with E-state index in [4.69, 9.17) is 33.7 Å². The fourth-order valence-corrected chi connectivity index (χ4v) is 3.32. The smallest absolute Gasteiger partial charge is 0.433 e. The average Bonchev–Trinajstić information content (AvgIpc) is 2.75. The number of benzene rings is 2. The van der Waals surface area contributed by atoms with Crippen LogP contribution in [0.5, 0.6) is 5.75 Å². The number of methoxy groups -OCH3 is 1. The first-order valence-electron chi connectivity index (χ1n) is 10.1. The second-order valence-electron chi connectivity index (χ2n) is 7.58. The third-order valence-corrected chi connectivity index (χ3v) is 5.20. The molecular formula is C22H22Cl2F3N7O. The number of ether oxygens (including phenoxy) is 1. The van der Waals surface area contributed by atoms with Crippen LogP contribution in [0.2, 0.25) is 10.0 Å². The highest BCUT2D eigenvalue weighted by Crippen LogP contribution is 2.32. The van der Waals surface area contributed by atoms with Crippen LogP contribution in [0.3, 0.4) is 0 Å². The summed E-state index contributed by atoms with van der Waals surface area (Å²) in [4.78, 5) is 13.4. The summed E-state index contributed by atoms with van der Waals surface area (Å²) in [5.41, 5.74) is 6.43. The van der Waals surface area contributed by atoms with Gasteiger partial charge in [-0.1, -0.05) is 23.2 Å². The summed E-state index contributed by atoms with van der Waals surface area (Å²) < 4.78 is 45.8. The highest BCUT2D eigenvalue weighted by Gasteiger charge is 2.34. The molecule has 4 N–H and O–H groups in total. The van der Waals surface area contributed by atoms with Crippen LogP contribution in [-0.2, 0) is 12.7 Å². The van der Waals surface area contributed by atoms with Gasteiger partial charge in [0, 0.05) is 29.5 Å². The first kappa shape index (κ1) is 26.3. The standard InChI is InChI=1S/C22H22Cl2F3N7O/c1-34(2)11-12-8-13(5-7-17(12)35-3)29-19-10-18(22(25,26)27)31-21(32-19)33-20(28)30-14-4-6-15(23)16(24)9-14/h4-10H,11H2,1-3H3,(H4,28,29,30,31,32,33). The van der Waals surface area contributed by atoms with Gasteiger partial charge >= 0.3 is 6.18 Å². The fraction of sp³-hybridized carbons (Fsp3) is 0.227. The van der Waals surface area contributed by atoms with Crippen LogP contribution in [0.15, 0.2) is 47.5 Å². The molecule has 2 aromatic carbocycles. The summed E-state index contributed by atoms with van der Waals surface area (Å²) >= 11 is 11.8. The van der Waals surface area contributed by atoms with E-state index >= 15 is 0 Å². The van der Waals surface area contributed by atoms with E-state index in [1.807, 2.05) is 19.0 Å². The number of hydrogen-bond donors (Lipinski definition) is 3. The third-order valence-electron chi connectivity index (χ3n) is 4.46. The number of aromatic nitrogens is 2. The van der Waals surface area contributed by atoms with E-state index in [-0.39, 0.29) is 16.8 Å². The maximum absolute atomic E-state index is 13.5. The van der Waals surface area contributed by atoms with Gasteiger partial charge in [0.2, 0.25) is 5.96 Å². The molecule has 3 rings (SSSR count). The molecule has 3 aromatic rings. The Morgan fingerprint density at radius 2 is 1.77 bits per heavy atom. The Kier molecular flexibility index (Phi) is 8.26. The molecule has 0 aliphatic heterocycles. The van der Waals surface area contributed by atoms with Gasteiger partial charge in [-0.15, -0.1) is 0 Å². The number of aliphatic imine (C=N–C) groups is 1. The van der Waals surface area contributed by atoms with Gasteiger partial charge in [0.25, 0.3) is 5.95 Å². The average molecular weight is 528 g/mol. The van der Waals surface area contributed by atoms with Gasteiger partial charge in [0.15, 0.2) is 5.69 Å². The zero-order chi connectivity index (χ0) is 25.8. The number of alkyl halides is 3. The topological polar surface area (TPSA) is 101 Å². The monoisotopic (exact) mass is 527 g/mol. The molecule has 35 heavy (non-hydrogen) atoms. The molecular weight excluding hydrogens is 506 g/mol. The van der Waals surface area contributed by atoms with E-state index in [1.165, 1.54) is 12.1 Å². The number of nitrogens with zero attached hydrogens (tertiary/aromatic N) is 4. The largest absolute Gasteiger partial charge is 0.496 e. The molecule has 8 nitrogen and oxygen atoms in total. The van der Waals surface area contributed by atoms with E-state index in [2.05, 4.69) is 25.6 Å². The third kappa shape index (κ3) is 7.35. The Morgan fingerprint density at radius 1 is 1.06 bits per heavy atom. The van der Waals surface area contributed by atoms with Gasteiger partial charge in [-0.3, -0.25) is 0 Å². The minimum Gasteiger partial charge on any atom is -0.496 e. The Hall–Kier alpha value is -3.28. The predicted octanol–water partition coefficient (Wildman–Crippen LogP) is 5.67. The minimum absolute atomic E-state index is 0.116. The second-order valence-corrected chi connectivity index (χ2v) is 8.39. The molecule has 186 valence electrons. The van der Waals surface area contributed by atoms with Crippen molar-refractivity contribution in [1.82, 2.24) is 14.9 Å². The maximum atomic E-state index is 13.5. The maximum Gasteiger partial charge on any atom is 0.433 e. The van der Waals surface area contributed by atoms with Crippen LogP contribution in [0.25, 0.3) is 0 Å². The van der Waals surface area contributed by atoms with Crippen LogP contribution in [0.1, 0.15) is 11.3 Å². The van der Waals surface area contributed by atoms with Gasteiger partial charge < -0.3 is 26.0 Å². The SMILES string of the molecule is COc1ccc(Nc2cc(C(F)(F)F)nc(/N=C(\N)Nc3ccc(Cl)c(Cl)c3)n2)cc1CN(C)C. The predicted molar refractivity (Wildman–Crippen MR) is 132 cm³/mol. The van der Waals surface area contributed by atoms with E-state index in [0.717, 1.165) is 11.6 Å². The molecule has 0 fully saturated rings. The van der Waals surface area contributed by atoms with Gasteiger partial charge in [-0.25, -0.2) is 4.98 Å². The molecule has 0 saturated carbocycles. The van der Waals surface area contributed by atoms with Crippen LogP contribution < -0.4 is 21.1 Å². The van der Waals surface area contributed by atoms with Gasteiger partial charge in [-0.05, 0) is 50.5 Å². The van der Waals surface area contributed by atoms with Crippen molar-refractivity contribution in [3.63, 3.8) is 0 Å². The van der Waals surface area contributed by atoms with E-state index < -0.39 is 17.8 Å². The van der Waals surface area contributed by atoms with Crippen LogP contribution in [0.4, 0.5) is 36.3 Å². The van der Waals surface area contributed by atoms with Crippen LogP contribution in [0, 0.1) is 0 Å². The van der Waals surface area contributed by atoms with E-state index in [1.54, 1.807) is 31.4 Å². The number of rotatable bonds is 7. The summed E-state index contributed by atoms with van der Waals surface area (Å²) in [6, 6.07) is 10.5. The van der Waals surface area contributed by atoms with Crippen molar-refractivity contribution in [2.45, 2.75) is 12.7 Å². The van der Waals surface area contributed by atoms with Gasteiger partial charge in [0.05, 0.1) is 17.2 Å². The quantitative estimate of drug-likeness (QED) is 0.268. The molecule has 0 unspecified atom stereocenters. The molecule has 1 heterocycles. The number of nitrogens with two attached hydrogens (primary N) is 1. The molecule has 0 aliphatic rings. The van der Waals surface area contributed by atoms with E-state index in [9.17, 15) is 13.2 Å². The second kappa shape index (κ2) is 11.0. The molecule has 0 aliphatic carbocycles. The highest BCUT2D eigenvalue weighted by molar-refractivity contribution is 6.42. The Balaban J connectivity index is 1.93. The molecule has 0 radical (unpaired) electrons. The summed E-state index contributed by atoms with van der Waals surface area (Å²) in [6.07, 6.45) is -4.73. The summed E-state index contributed by atoms with van der Waals surface area (Å²) in [5.74, 6) is -0.204. The van der Waals surface area contributed by atoms with Gasteiger partial charge in [-0.2, -0.15) is 23.1 Å². The Morgan fingerprint density at radius 3 is 2.40 bits per heavy atom. The normalized spacial score (nSPS) is 12.1. The molecule has 13 heteroatoms. The lowest BCUT2D eigenvalue weighted by atomic mass is 10.1. The molecule has 0 amide bonds. The number of anilines is 3. The molecule has 0 spiro atoms. The van der Waals surface area contributed by atoms with Crippen LogP contribution in [-0.4, -0.2) is 42.0 Å². The van der Waals surface area contributed by atoms with E-state index in [0.29, 0.717) is 28.7 Å². The van der Waals surface area contributed by atoms with Crippen molar-refractivity contribution in [3.05, 3.63) is 63.8 Å². The first-order chi connectivity index (χ1) is 16.4.